The fraction of sp³-hybridized carbons (Fsp3) is 0.259. The fourth-order valence-electron chi connectivity index (χ4n) is 4.10. The van der Waals surface area contributed by atoms with Crippen molar-refractivity contribution in [3.05, 3.63) is 80.3 Å². The van der Waals surface area contributed by atoms with Crippen molar-refractivity contribution in [2.24, 2.45) is 0 Å². The molecular weight excluding hydrogens is 516 g/mol. The van der Waals surface area contributed by atoms with Gasteiger partial charge in [-0.3, -0.25) is 14.5 Å². The first-order valence-electron chi connectivity index (χ1n) is 11.4. The fourth-order valence-corrected chi connectivity index (χ4v) is 5.23. The highest BCUT2D eigenvalue weighted by atomic mass is 35.5. The number of thiazole rings is 1. The Morgan fingerprint density at radius 1 is 1.14 bits per heavy atom. The molecule has 0 unspecified atom stereocenters. The molecule has 1 atom stereocenters. The number of Topliss-reactive ketones (excluding diaryl/α,β-unsaturated/α-hetero) is 1. The molecule has 0 aliphatic carbocycles. The summed E-state index contributed by atoms with van der Waals surface area (Å²) in [7, 11) is 1.25. The summed E-state index contributed by atoms with van der Waals surface area (Å²) in [5, 5.41) is 12.0. The maximum absolute atomic E-state index is 13.4. The summed E-state index contributed by atoms with van der Waals surface area (Å²) < 4.78 is 10.6. The predicted molar refractivity (Wildman–Crippen MR) is 141 cm³/mol. The van der Waals surface area contributed by atoms with E-state index in [2.05, 4.69) is 4.98 Å². The Morgan fingerprint density at radius 2 is 1.81 bits per heavy atom. The number of hydrogen-bond donors (Lipinski definition) is 1. The van der Waals surface area contributed by atoms with Gasteiger partial charge >= 0.3 is 11.9 Å². The number of carbonyl (C=O) groups excluding carboxylic acids is 3. The zero-order valence-electron chi connectivity index (χ0n) is 20.9. The number of ketones is 1. The largest absolute Gasteiger partial charge is 0.507 e. The Morgan fingerprint density at radius 3 is 2.41 bits per heavy atom. The van der Waals surface area contributed by atoms with Crippen LogP contribution in [0.1, 0.15) is 51.9 Å². The normalized spacial score (nSPS) is 16.9. The molecule has 1 aromatic heterocycles. The van der Waals surface area contributed by atoms with Gasteiger partial charge in [-0.2, -0.15) is 0 Å². The quantitative estimate of drug-likeness (QED) is 0.187. The number of halogens is 1. The maximum Gasteiger partial charge on any atom is 0.350 e. The van der Waals surface area contributed by atoms with Gasteiger partial charge in [0.25, 0.3) is 5.78 Å². The van der Waals surface area contributed by atoms with E-state index in [1.165, 1.54) is 12.0 Å². The van der Waals surface area contributed by atoms with Crippen molar-refractivity contribution in [1.82, 2.24) is 4.98 Å². The monoisotopic (exact) mass is 540 g/mol. The van der Waals surface area contributed by atoms with Crippen LogP contribution in [0.5, 0.6) is 5.75 Å². The van der Waals surface area contributed by atoms with E-state index in [1.54, 1.807) is 49.4 Å². The summed E-state index contributed by atoms with van der Waals surface area (Å²) in [5.41, 5.74) is 1.91. The third-order valence-corrected chi connectivity index (χ3v) is 7.19. The lowest BCUT2D eigenvalue weighted by molar-refractivity contribution is -0.132. The molecule has 0 saturated carbocycles. The zero-order chi connectivity index (χ0) is 27.0. The van der Waals surface area contributed by atoms with Crippen molar-refractivity contribution in [2.45, 2.75) is 39.8 Å². The molecule has 8 nitrogen and oxygen atoms in total. The summed E-state index contributed by atoms with van der Waals surface area (Å²) in [4.78, 5) is 44.7. The molecule has 1 aliphatic heterocycles. The van der Waals surface area contributed by atoms with Crippen LogP contribution in [0.3, 0.4) is 0 Å². The van der Waals surface area contributed by atoms with E-state index in [9.17, 15) is 19.5 Å². The van der Waals surface area contributed by atoms with E-state index in [4.69, 9.17) is 21.1 Å². The van der Waals surface area contributed by atoms with Crippen molar-refractivity contribution >= 4 is 51.5 Å². The molecule has 2 aromatic carbocycles. The van der Waals surface area contributed by atoms with Gasteiger partial charge < -0.3 is 14.6 Å². The number of rotatable bonds is 6. The third kappa shape index (κ3) is 4.97. The Hall–Kier alpha value is -3.69. The molecule has 10 heteroatoms. The van der Waals surface area contributed by atoms with Crippen LogP contribution in [-0.4, -0.2) is 41.0 Å². The molecule has 0 bridgehead atoms. The third-order valence-electron chi connectivity index (χ3n) is 5.80. The minimum absolute atomic E-state index is 0.0370. The molecule has 0 spiro atoms. The highest BCUT2D eigenvalue weighted by Crippen LogP contribution is 2.44. The summed E-state index contributed by atoms with van der Waals surface area (Å²) >= 11 is 7.02. The van der Waals surface area contributed by atoms with Gasteiger partial charge in [-0.05, 0) is 69.2 Å². The summed E-state index contributed by atoms with van der Waals surface area (Å²) in [6, 6.07) is 10.7. The highest BCUT2D eigenvalue weighted by Gasteiger charge is 2.48. The lowest BCUT2D eigenvalue weighted by Crippen LogP contribution is -2.29. The van der Waals surface area contributed by atoms with Crippen LogP contribution >= 0.6 is 22.9 Å². The van der Waals surface area contributed by atoms with E-state index < -0.39 is 23.7 Å². The van der Waals surface area contributed by atoms with Gasteiger partial charge in [0.15, 0.2) is 5.13 Å². The molecule has 3 aromatic rings. The average molecular weight is 541 g/mol. The van der Waals surface area contributed by atoms with E-state index in [1.807, 2.05) is 20.8 Å². The number of ether oxygens (including phenoxy) is 2. The van der Waals surface area contributed by atoms with Gasteiger partial charge in [-0.15, -0.1) is 0 Å². The van der Waals surface area contributed by atoms with Crippen LogP contribution in [0.15, 0.2) is 48.0 Å². The minimum atomic E-state index is -1.000. The molecule has 1 N–H and O–H groups in total. The second-order valence-corrected chi connectivity index (χ2v) is 10.2. The van der Waals surface area contributed by atoms with Crippen LogP contribution in [0.2, 0.25) is 5.02 Å². The smallest absolute Gasteiger partial charge is 0.350 e. The number of aromatic nitrogens is 1. The number of esters is 1. The Kier molecular flexibility index (Phi) is 7.38. The van der Waals surface area contributed by atoms with E-state index in [0.717, 1.165) is 16.9 Å². The first-order valence-corrected chi connectivity index (χ1v) is 12.6. The van der Waals surface area contributed by atoms with Crippen LogP contribution in [-0.2, 0) is 14.3 Å². The number of aliphatic hydroxyl groups excluding tert-OH is 1. The van der Waals surface area contributed by atoms with Crippen molar-refractivity contribution in [3.63, 3.8) is 0 Å². The van der Waals surface area contributed by atoms with Gasteiger partial charge in [0.1, 0.15) is 16.4 Å². The van der Waals surface area contributed by atoms with Crippen LogP contribution in [0.25, 0.3) is 5.76 Å². The number of anilines is 1. The predicted octanol–water partition coefficient (Wildman–Crippen LogP) is 5.61. The van der Waals surface area contributed by atoms with Gasteiger partial charge in [0, 0.05) is 10.6 Å². The number of carbonyl (C=O) groups is 3. The standard InChI is InChI=1S/C27H25ClN2O6S/c1-13(2)36-19-11-8-17(12-14(19)3)22(31)20-21(16-6-9-18(28)10-7-16)30(25(33)23(20)32)27-29-15(4)24(37-27)26(34)35-5/h6-13,21,31H,1-5H3/t21-/m0/s1. The highest BCUT2D eigenvalue weighted by molar-refractivity contribution is 7.17. The van der Waals surface area contributed by atoms with E-state index in [-0.39, 0.29) is 27.4 Å². The van der Waals surface area contributed by atoms with Crippen molar-refractivity contribution in [2.75, 3.05) is 12.0 Å². The Bertz CT molecular complexity index is 1430. The summed E-state index contributed by atoms with van der Waals surface area (Å²) in [5.74, 6) is -2.02. The molecular formula is C27H25ClN2O6S. The lowest BCUT2D eigenvalue weighted by atomic mass is 9.95. The van der Waals surface area contributed by atoms with Crippen LogP contribution < -0.4 is 9.64 Å². The Labute approximate surface area is 223 Å². The summed E-state index contributed by atoms with van der Waals surface area (Å²) in [6.07, 6.45) is -0.0370. The van der Waals surface area contributed by atoms with Crippen LogP contribution in [0.4, 0.5) is 5.13 Å². The number of aryl methyl sites for hydroxylation is 2. The topological polar surface area (TPSA) is 106 Å². The second-order valence-electron chi connectivity index (χ2n) is 8.77. The second kappa shape index (κ2) is 10.4. The maximum atomic E-state index is 13.4. The van der Waals surface area contributed by atoms with Crippen LogP contribution in [0, 0.1) is 13.8 Å². The number of amides is 1. The first-order chi connectivity index (χ1) is 17.5. The van der Waals surface area contributed by atoms with Crippen molar-refractivity contribution in [1.29, 1.82) is 0 Å². The summed E-state index contributed by atoms with van der Waals surface area (Å²) in [6.45, 7) is 7.26. The molecule has 192 valence electrons. The SMILES string of the molecule is COC(=O)c1sc(N2C(=O)C(=O)C(=C(O)c3ccc(OC(C)C)c(C)c3)[C@@H]2c2ccc(Cl)cc2)nc1C. The number of benzene rings is 2. The zero-order valence-corrected chi connectivity index (χ0v) is 22.4. The molecule has 1 aliphatic rings. The molecule has 0 radical (unpaired) electrons. The number of nitrogens with zero attached hydrogens (tertiary/aromatic N) is 2. The average Bonchev–Trinajstić information content (AvgIpc) is 3.36. The lowest BCUT2D eigenvalue weighted by Gasteiger charge is -2.23. The van der Waals surface area contributed by atoms with Gasteiger partial charge in [-0.1, -0.05) is 35.1 Å². The van der Waals surface area contributed by atoms with Crippen molar-refractivity contribution < 1.29 is 29.0 Å². The molecule has 2 heterocycles. The number of hydrogen-bond acceptors (Lipinski definition) is 8. The van der Waals surface area contributed by atoms with Gasteiger partial charge in [-0.25, -0.2) is 9.78 Å². The Balaban J connectivity index is 1.89. The number of aliphatic hydroxyl groups is 1. The van der Waals surface area contributed by atoms with E-state index >= 15 is 0 Å². The molecule has 4 rings (SSSR count). The van der Waals surface area contributed by atoms with E-state index in [0.29, 0.717) is 27.6 Å². The molecule has 1 saturated heterocycles. The number of methoxy groups -OCH3 is 1. The van der Waals surface area contributed by atoms with Gasteiger partial charge in [0.2, 0.25) is 0 Å². The molecule has 1 fully saturated rings. The van der Waals surface area contributed by atoms with Gasteiger partial charge in [0.05, 0.1) is 30.5 Å². The minimum Gasteiger partial charge on any atom is -0.507 e. The molecule has 37 heavy (non-hydrogen) atoms. The van der Waals surface area contributed by atoms with Crippen molar-refractivity contribution in [3.8, 4) is 5.75 Å². The first kappa shape index (κ1) is 26.4. The molecule has 1 amide bonds.